The third kappa shape index (κ3) is 3.92. The van der Waals surface area contributed by atoms with Gasteiger partial charge in [-0.15, -0.1) is 0 Å². The first-order valence-electron chi connectivity index (χ1n) is 6.76. The molecule has 0 unspecified atom stereocenters. The van der Waals surface area contributed by atoms with Crippen LogP contribution < -0.4 is 5.73 Å². The van der Waals surface area contributed by atoms with Gasteiger partial charge >= 0.3 is 0 Å². The summed E-state index contributed by atoms with van der Waals surface area (Å²) in [6.07, 6.45) is 4.66. The Balaban J connectivity index is 1.78. The van der Waals surface area contributed by atoms with Gasteiger partial charge in [0.25, 0.3) is 5.91 Å². The molecule has 0 aliphatic carbocycles. The summed E-state index contributed by atoms with van der Waals surface area (Å²) in [5.41, 5.74) is 5.98. The number of amides is 1. The van der Waals surface area contributed by atoms with Crippen LogP contribution in [0.25, 0.3) is 0 Å². The smallest absolute Gasteiger partial charge is 0.272 e. The summed E-state index contributed by atoms with van der Waals surface area (Å²) >= 11 is 0. The lowest BCUT2D eigenvalue weighted by molar-refractivity contribution is 0.0758. The number of hydrogen-bond donors (Lipinski definition) is 1. The summed E-state index contributed by atoms with van der Waals surface area (Å²) in [6.45, 7) is 1.60. The number of rotatable bonds is 5. The van der Waals surface area contributed by atoms with E-state index in [1.165, 1.54) is 0 Å². The third-order valence-electron chi connectivity index (χ3n) is 3.38. The van der Waals surface area contributed by atoms with Crippen molar-refractivity contribution < 1.29 is 9.53 Å². The fourth-order valence-electron chi connectivity index (χ4n) is 2.30. The molecule has 19 heavy (non-hydrogen) atoms. The molecule has 5 nitrogen and oxygen atoms in total. The number of aromatic nitrogens is 1. The standard InChI is InChI=1S/C14H21N3O2/c1-17(9-3-5-11-6-4-10-19-11)14(18)12-7-2-8-13(15)16-12/h2,7-8,11H,3-6,9-10H2,1H3,(H2,15,16)/t11-/m0/s1. The van der Waals surface area contributed by atoms with Gasteiger partial charge in [0.15, 0.2) is 0 Å². The van der Waals surface area contributed by atoms with Gasteiger partial charge in [-0.25, -0.2) is 4.98 Å². The Bertz CT molecular complexity index is 430. The minimum Gasteiger partial charge on any atom is -0.384 e. The lowest BCUT2D eigenvalue weighted by Gasteiger charge is -2.17. The van der Waals surface area contributed by atoms with Crippen LogP contribution in [-0.2, 0) is 4.74 Å². The fraction of sp³-hybridized carbons (Fsp3) is 0.571. The van der Waals surface area contributed by atoms with Gasteiger partial charge in [0.2, 0.25) is 0 Å². The lowest BCUT2D eigenvalue weighted by Crippen LogP contribution is -2.29. The molecule has 5 heteroatoms. The van der Waals surface area contributed by atoms with Crippen molar-refractivity contribution in [1.82, 2.24) is 9.88 Å². The Morgan fingerprint density at radius 3 is 3.11 bits per heavy atom. The van der Waals surface area contributed by atoms with Crippen molar-refractivity contribution in [1.29, 1.82) is 0 Å². The quantitative estimate of drug-likeness (QED) is 0.877. The van der Waals surface area contributed by atoms with E-state index in [-0.39, 0.29) is 5.91 Å². The monoisotopic (exact) mass is 263 g/mol. The van der Waals surface area contributed by atoms with Gasteiger partial charge in [-0.3, -0.25) is 4.79 Å². The zero-order valence-electron chi connectivity index (χ0n) is 11.3. The maximum absolute atomic E-state index is 12.1. The summed E-state index contributed by atoms with van der Waals surface area (Å²) in [6, 6.07) is 5.11. The third-order valence-corrected chi connectivity index (χ3v) is 3.38. The van der Waals surface area contributed by atoms with Crippen molar-refractivity contribution in [2.75, 3.05) is 25.9 Å². The first kappa shape index (κ1) is 13.8. The van der Waals surface area contributed by atoms with E-state index < -0.39 is 0 Å². The van der Waals surface area contributed by atoms with E-state index in [0.717, 1.165) is 38.8 Å². The van der Waals surface area contributed by atoms with Crippen molar-refractivity contribution in [3.63, 3.8) is 0 Å². The minimum absolute atomic E-state index is 0.0837. The Morgan fingerprint density at radius 1 is 1.58 bits per heavy atom. The molecule has 1 aromatic heterocycles. The predicted octanol–water partition coefficient (Wildman–Crippen LogP) is 1.69. The fourth-order valence-corrected chi connectivity index (χ4v) is 2.30. The normalized spacial score (nSPS) is 18.5. The summed E-state index contributed by atoms with van der Waals surface area (Å²) < 4.78 is 5.56. The molecule has 1 aliphatic heterocycles. The van der Waals surface area contributed by atoms with Crippen LogP contribution in [0.2, 0.25) is 0 Å². The molecule has 2 heterocycles. The number of carbonyl (C=O) groups is 1. The van der Waals surface area contributed by atoms with E-state index in [0.29, 0.717) is 17.6 Å². The van der Waals surface area contributed by atoms with E-state index in [1.54, 1.807) is 30.1 Å². The predicted molar refractivity (Wildman–Crippen MR) is 73.8 cm³/mol. The molecule has 2 N–H and O–H groups in total. The molecule has 1 saturated heterocycles. The van der Waals surface area contributed by atoms with Gasteiger partial charge in [0.05, 0.1) is 6.10 Å². The molecular formula is C14H21N3O2. The SMILES string of the molecule is CN(CCC[C@H]1CCCO1)C(=O)c1cccc(N)n1. The molecular weight excluding hydrogens is 242 g/mol. The van der Waals surface area contributed by atoms with E-state index in [2.05, 4.69) is 4.98 Å². The summed E-state index contributed by atoms with van der Waals surface area (Å²) in [5.74, 6) is 0.290. The average molecular weight is 263 g/mol. The minimum atomic E-state index is -0.0837. The largest absolute Gasteiger partial charge is 0.384 e. The molecule has 1 fully saturated rings. The molecule has 104 valence electrons. The first-order valence-corrected chi connectivity index (χ1v) is 6.76. The van der Waals surface area contributed by atoms with E-state index in [4.69, 9.17) is 10.5 Å². The van der Waals surface area contributed by atoms with Crippen LogP contribution in [0, 0.1) is 0 Å². The maximum Gasteiger partial charge on any atom is 0.272 e. The zero-order chi connectivity index (χ0) is 13.7. The van der Waals surface area contributed by atoms with Crippen molar-refractivity contribution >= 4 is 11.7 Å². The van der Waals surface area contributed by atoms with Crippen LogP contribution in [0.5, 0.6) is 0 Å². The van der Waals surface area contributed by atoms with Crippen LogP contribution in [-0.4, -0.2) is 42.1 Å². The molecule has 0 radical (unpaired) electrons. The van der Waals surface area contributed by atoms with Crippen LogP contribution in [0.1, 0.15) is 36.2 Å². The highest BCUT2D eigenvalue weighted by molar-refractivity contribution is 5.92. The van der Waals surface area contributed by atoms with Gasteiger partial charge < -0.3 is 15.4 Å². The van der Waals surface area contributed by atoms with Crippen molar-refractivity contribution in [2.45, 2.75) is 31.8 Å². The molecule has 1 aromatic rings. The molecule has 0 aromatic carbocycles. The number of hydrogen-bond acceptors (Lipinski definition) is 4. The number of nitrogens with zero attached hydrogens (tertiary/aromatic N) is 2. The molecule has 1 atom stereocenters. The van der Waals surface area contributed by atoms with Gasteiger partial charge in [-0.05, 0) is 37.8 Å². The molecule has 2 rings (SSSR count). The Hall–Kier alpha value is -1.62. The summed E-state index contributed by atoms with van der Waals surface area (Å²) in [4.78, 5) is 17.8. The van der Waals surface area contributed by atoms with E-state index in [1.807, 2.05) is 0 Å². The Morgan fingerprint density at radius 2 is 2.42 bits per heavy atom. The Labute approximate surface area is 113 Å². The number of anilines is 1. The van der Waals surface area contributed by atoms with Crippen LogP contribution >= 0.6 is 0 Å². The molecule has 0 bridgehead atoms. The second-order valence-electron chi connectivity index (χ2n) is 4.95. The van der Waals surface area contributed by atoms with E-state index in [9.17, 15) is 4.79 Å². The number of nitrogen functional groups attached to an aromatic ring is 1. The highest BCUT2D eigenvalue weighted by Crippen LogP contribution is 2.17. The van der Waals surface area contributed by atoms with Gasteiger partial charge in [0.1, 0.15) is 11.5 Å². The van der Waals surface area contributed by atoms with Crippen LogP contribution in [0.3, 0.4) is 0 Å². The van der Waals surface area contributed by atoms with Crippen molar-refractivity contribution in [2.24, 2.45) is 0 Å². The number of pyridine rings is 1. The number of nitrogens with two attached hydrogens (primary N) is 1. The maximum atomic E-state index is 12.1. The van der Waals surface area contributed by atoms with Crippen molar-refractivity contribution in [3.8, 4) is 0 Å². The summed E-state index contributed by atoms with van der Waals surface area (Å²) in [7, 11) is 1.79. The zero-order valence-corrected chi connectivity index (χ0v) is 11.3. The summed E-state index contributed by atoms with van der Waals surface area (Å²) in [5, 5.41) is 0. The second-order valence-corrected chi connectivity index (χ2v) is 4.95. The highest BCUT2D eigenvalue weighted by atomic mass is 16.5. The molecule has 1 aliphatic rings. The molecule has 0 spiro atoms. The van der Waals surface area contributed by atoms with Gasteiger partial charge in [-0.2, -0.15) is 0 Å². The van der Waals surface area contributed by atoms with Gasteiger partial charge in [-0.1, -0.05) is 6.07 Å². The van der Waals surface area contributed by atoms with Gasteiger partial charge in [0, 0.05) is 20.2 Å². The Kier molecular flexibility index (Phi) is 4.74. The van der Waals surface area contributed by atoms with Crippen LogP contribution in [0.4, 0.5) is 5.82 Å². The van der Waals surface area contributed by atoms with Crippen molar-refractivity contribution in [3.05, 3.63) is 23.9 Å². The number of carbonyl (C=O) groups excluding carboxylic acids is 1. The topological polar surface area (TPSA) is 68.5 Å². The lowest BCUT2D eigenvalue weighted by atomic mass is 10.1. The van der Waals surface area contributed by atoms with E-state index >= 15 is 0 Å². The second kappa shape index (κ2) is 6.52. The van der Waals surface area contributed by atoms with Crippen LogP contribution in [0.15, 0.2) is 18.2 Å². The molecule has 0 saturated carbocycles. The average Bonchev–Trinajstić information content (AvgIpc) is 2.91. The molecule has 1 amide bonds. The number of ether oxygens (including phenoxy) is 1. The first-order chi connectivity index (χ1) is 9.16. The highest BCUT2D eigenvalue weighted by Gasteiger charge is 2.17.